The molecule has 0 bridgehead atoms. The third-order valence-corrected chi connectivity index (χ3v) is 7.70. The summed E-state index contributed by atoms with van der Waals surface area (Å²) in [6.45, 7) is 7.45. The van der Waals surface area contributed by atoms with Gasteiger partial charge in [-0.2, -0.15) is 0 Å². The Morgan fingerprint density at radius 3 is 2.52 bits per heavy atom. The Morgan fingerprint density at radius 2 is 1.96 bits per heavy atom. The number of hydrogen-bond acceptors (Lipinski definition) is 3. The van der Waals surface area contributed by atoms with Crippen molar-refractivity contribution in [3.63, 3.8) is 0 Å². The van der Waals surface area contributed by atoms with E-state index in [0.717, 1.165) is 35.7 Å². The van der Waals surface area contributed by atoms with Gasteiger partial charge in [-0.15, -0.1) is 0 Å². The number of methoxy groups -OCH3 is 1. The average molecular weight is 453 g/mol. The van der Waals surface area contributed by atoms with E-state index in [4.69, 9.17) is 17.0 Å². The number of nitrogens with one attached hydrogen (secondary N) is 1. The zero-order valence-electron chi connectivity index (χ0n) is 16.8. The number of hydrogen-bond donors (Lipinski definition) is 1. The van der Waals surface area contributed by atoms with Crippen molar-refractivity contribution >= 4 is 39.2 Å². The summed E-state index contributed by atoms with van der Waals surface area (Å²) in [6, 6.07) is 6.36. The largest absolute Gasteiger partial charge is 0.385 e. The van der Waals surface area contributed by atoms with Crippen LogP contribution in [0.2, 0.25) is 0 Å². The van der Waals surface area contributed by atoms with E-state index in [0.29, 0.717) is 11.7 Å². The molecule has 1 aromatic carbocycles. The van der Waals surface area contributed by atoms with E-state index in [1.54, 1.807) is 19.1 Å². The first-order valence-corrected chi connectivity index (χ1v) is 10.8. The van der Waals surface area contributed by atoms with Gasteiger partial charge in [0.2, 0.25) is 0 Å². The molecular formula is C21H29BrN2O2S. The summed E-state index contributed by atoms with van der Waals surface area (Å²) in [7, 11) is 3.51. The second-order valence-corrected chi connectivity index (χ2v) is 9.59. The number of thiocarbonyl (C=S) groups is 1. The van der Waals surface area contributed by atoms with Crippen LogP contribution in [0.4, 0.5) is 0 Å². The molecular weight excluding hydrogens is 424 g/mol. The fraction of sp³-hybridized carbons (Fsp3) is 0.619. The first kappa shape index (κ1) is 20.7. The molecule has 1 aliphatic carbocycles. The maximum absolute atomic E-state index is 13.8. The van der Waals surface area contributed by atoms with Crippen LogP contribution in [0.15, 0.2) is 22.7 Å². The van der Waals surface area contributed by atoms with Crippen molar-refractivity contribution in [2.45, 2.75) is 57.4 Å². The molecule has 1 amide bonds. The molecule has 3 rings (SSSR count). The topological polar surface area (TPSA) is 41.6 Å². The molecule has 0 aromatic heterocycles. The van der Waals surface area contributed by atoms with Crippen LogP contribution >= 0.6 is 28.1 Å². The van der Waals surface area contributed by atoms with Crippen LogP contribution in [0.1, 0.15) is 57.6 Å². The highest BCUT2D eigenvalue weighted by molar-refractivity contribution is 9.10. The summed E-state index contributed by atoms with van der Waals surface area (Å²) in [5.74, 6) is 0.0586. The van der Waals surface area contributed by atoms with Gasteiger partial charge in [0, 0.05) is 30.7 Å². The molecule has 6 heteroatoms. The molecule has 0 radical (unpaired) electrons. The molecule has 1 fully saturated rings. The second-order valence-electron chi connectivity index (χ2n) is 8.29. The highest BCUT2D eigenvalue weighted by atomic mass is 79.9. The van der Waals surface area contributed by atoms with Gasteiger partial charge in [0.15, 0.2) is 10.7 Å². The van der Waals surface area contributed by atoms with E-state index in [1.165, 1.54) is 5.56 Å². The molecule has 148 valence electrons. The lowest BCUT2D eigenvalue weighted by molar-refractivity contribution is -0.138. The molecule has 4 nitrogen and oxygen atoms in total. The highest BCUT2D eigenvalue weighted by Gasteiger charge is 2.72. The Balaban J connectivity index is 2.32. The number of carbonyl (C=O) groups excluding carboxylic acids is 1. The number of halogens is 1. The molecule has 2 unspecified atom stereocenters. The lowest BCUT2D eigenvalue weighted by atomic mass is 9.55. The second kappa shape index (κ2) is 7.12. The van der Waals surface area contributed by atoms with Gasteiger partial charge in [-0.25, -0.2) is 0 Å². The molecule has 1 aliphatic heterocycles. The van der Waals surface area contributed by atoms with Crippen molar-refractivity contribution in [1.82, 2.24) is 10.2 Å². The Bertz CT molecular complexity index is 781. The highest BCUT2D eigenvalue weighted by Crippen LogP contribution is 2.66. The zero-order valence-corrected chi connectivity index (χ0v) is 19.2. The van der Waals surface area contributed by atoms with E-state index < -0.39 is 5.54 Å². The first-order valence-electron chi connectivity index (χ1n) is 9.59. The van der Waals surface area contributed by atoms with E-state index in [1.807, 2.05) is 0 Å². The number of benzene rings is 1. The van der Waals surface area contributed by atoms with E-state index in [2.05, 4.69) is 60.2 Å². The van der Waals surface area contributed by atoms with Gasteiger partial charge in [0.1, 0.15) is 0 Å². The number of fused-ring (bicyclic) bond motifs is 2. The van der Waals surface area contributed by atoms with Crippen LogP contribution in [-0.2, 0) is 20.5 Å². The maximum Gasteiger partial charge on any atom is 0.259 e. The van der Waals surface area contributed by atoms with E-state index in [-0.39, 0.29) is 16.7 Å². The maximum atomic E-state index is 13.8. The van der Waals surface area contributed by atoms with Crippen LogP contribution in [0.3, 0.4) is 0 Å². The number of amides is 1. The number of likely N-dealkylation sites (N-methyl/N-ethyl adjacent to an activating group) is 1. The zero-order chi connectivity index (χ0) is 20.0. The lowest BCUT2D eigenvalue weighted by Crippen LogP contribution is -2.59. The normalized spacial score (nSPS) is 28.7. The Kier molecular flexibility index (Phi) is 5.47. The minimum atomic E-state index is -0.828. The summed E-state index contributed by atoms with van der Waals surface area (Å²) < 4.78 is 6.34. The summed E-state index contributed by atoms with van der Waals surface area (Å²) in [6.07, 6.45) is 3.73. The van der Waals surface area contributed by atoms with Gasteiger partial charge in [0.05, 0.1) is 0 Å². The minimum absolute atomic E-state index is 0.0586. The van der Waals surface area contributed by atoms with Crippen LogP contribution < -0.4 is 5.32 Å². The molecule has 1 aromatic rings. The summed E-state index contributed by atoms with van der Waals surface area (Å²) in [5.41, 5.74) is 0.990. The first-order chi connectivity index (χ1) is 12.7. The van der Waals surface area contributed by atoms with Crippen LogP contribution in [0, 0.1) is 5.41 Å². The van der Waals surface area contributed by atoms with Crippen LogP contribution in [0.5, 0.6) is 0 Å². The fourth-order valence-electron chi connectivity index (χ4n) is 5.57. The van der Waals surface area contributed by atoms with Crippen LogP contribution in [-0.4, -0.2) is 36.7 Å². The molecule has 2 atom stereocenters. The van der Waals surface area contributed by atoms with E-state index >= 15 is 0 Å². The van der Waals surface area contributed by atoms with Gasteiger partial charge in [0.25, 0.3) is 5.91 Å². The predicted octanol–water partition coefficient (Wildman–Crippen LogP) is 4.50. The molecule has 1 N–H and O–H groups in total. The Morgan fingerprint density at radius 1 is 1.26 bits per heavy atom. The van der Waals surface area contributed by atoms with Gasteiger partial charge in [-0.05, 0) is 60.2 Å². The standard InChI is InChI=1S/C21H29BrN2O2S/c1-6-10-20(11-7-12-26-5)19(2,3)15-9-8-14(22)13-16(15)21(20)17(25)24(4)18(27)23-21/h8-9,13H,6-7,10-12H2,1-5H3,(H,23,27). The quantitative estimate of drug-likeness (QED) is 0.509. The summed E-state index contributed by atoms with van der Waals surface area (Å²) >= 11 is 9.16. The SMILES string of the molecule is CCCC1(CCCOC)C(C)(C)c2ccc(Br)cc2C12NC(=S)N(C)C2=O. The van der Waals surface area contributed by atoms with Gasteiger partial charge >= 0.3 is 0 Å². The van der Waals surface area contributed by atoms with Crippen molar-refractivity contribution in [2.24, 2.45) is 5.41 Å². The number of carbonyl (C=O) groups is 1. The predicted molar refractivity (Wildman–Crippen MR) is 116 cm³/mol. The fourth-order valence-corrected chi connectivity index (χ4v) is 6.17. The summed E-state index contributed by atoms with van der Waals surface area (Å²) in [4.78, 5) is 15.4. The number of rotatable bonds is 6. The third-order valence-electron chi connectivity index (χ3n) is 6.83. The molecule has 2 aliphatic rings. The third kappa shape index (κ3) is 2.63. The molecule has 1 saturated heterocycles. The van der Waals surface area contributed by atoms with Crippen molar-refractivity contribution in [3.05, 3.63) is 33.8 Å². The smallest absolute Gasteiger partial charge is 0.259 e. The summed E-state index contributed by atoms with van der Waals surface area (Å²) in [5, 5.41) is 4.03. The number of nitrogens with zero attached hydrogens (tertiary/aromatic N) is 1. The Labute approximate surface area is 176 Å². The van der Waals surface area contributed by atoms with Crippen molar-refractivity contribution in [2.75, 3.05) is 20.8 Å². The van der Waals surface area contributed by atoms with Gasteiger partial charge < -0.3 is 10.1 Å². The van der Waals surface area contributed by atoms with Crippen molar-refractivity contribution in [3.8, 4) is 0 Å². The lowest BCUT2D eigenvalue weighted by Gasteiger charge is -2.50. The van der Waals surface area contributed by atoms with Gasteiger partial charge in [-0.1, -0.05) is 49.2 Å². The van der Waals surface area contributed by atoms with Gasteiger partial charge in [-0.3, -0.25) is 9.69 Å². The average Bonchev–Trinajstić information content (AvgIpc) is 2.93. The Hall–Kier alpha value is -0.980. The monoisotopic (exact) mass is 452 g/mol. The van der Waals surface area contributed by atoms with Crippen molar-refractivity contribution in [1.29, 1.82) is 0 Å². The van der Waals surface area contributed by atoms with Crippen molar-refractivity contribution < 1.29 is 9.53 Å². The number of ether oxygens (including phenoxy) is 1. The molecule has 1 heterocycles. The van der Waals surface area contributed by atoms with Crippen LogP contribution in [0.25, 0.3) is 0 Å². The van der Waals surface area contributed by atoms with E-state index in [9.17, 15) is 4.79 Å². The molecule has 0 saturated carbocycles. The molecule has 27 heavy (non-hydrogen) atoms. The minimum Gasteiger partial charge on any atom is -0.385 e. The molecule has 1 spiro atoms.